The number of hydrogen-bond donors (Lipinski definition) is 1. The van der Waals surface area contributed by atoms with Gasteiger partial charge in [0.05, 0.1) is 32.2 Å². The average molecular weight is 449 g/mol. The molecule has 0 saturated heterocycles. The fourth-order valence-electron chi connectivity index (χ4n) is 3.34. The van der Waals surface area contributed by atoms with E-state index < -0.39 is 10.0 Å². The van der Waals surface area contributed by atoms with E-state index in [0.717, 1.165) is 17.5 Å². The van der Waals surface area contributed by atoms with Gasteiger partial charge in [-0.1, -0.05) is 19.1 Å². The summed E-state index contributed by atoms with van der Waals surface area (Å²) in [6, 6.07) is 12.6. The number of rotatable bonds is 11. The molecule has 0 saturated carbocycles. The van der Waals surface area contributed by atoms with Gasteiger partial charge in [-0.25, -0.2) is 8.42 Å². The molecule has 31 heavy (non-hydrogen) atoms. The first-order chi connectivity index (χ1) is 14.7. The number of hydrogen-bond acceptors (Lipinski definition) is 5. The van der Waals surface area contributed by atoms with Crippen molar-refractivity contribution in [2.45, 2.75) is 39.2 Å². The van der Waals surface area contributed by atoms with Gasteiger partial charge in [0.1, 0.15) is 11.5 Å². The molecule has 0 spiro atoms. The lowest BCUT2D eigenvalue weighted by molar-refractivity contribution is -0.121. The fraction of sp³-hybridized carbons (Fsp3) is 0.435. The molecule has 170 valence electrons. The summed E-state index contributed by atoms with van der Waals surface area (Å²) >= 11 is 0. The molecular formula is C23H32N2O5S. The minimum atomic E-state index is -3.45. The van der Waals surface area contributed by atoms with Gasteiger partial charge < -0.3 is 14.8 Å². The first-order valence-corrected chi connectivity index (χ1v) is 12.1. The second-order valence-corrected chi connectivity index (χ2v) is 9.26. The highest BCUT2D eigenvalue weighted by molar-refractivity contribution is 7.92. The Morgan fingerprint density at radius 2 is 1.77 bits per heavy atom. The zero-order valence-electron chi connectivity index (χ0n) is 18.8. The van der Waals surface area contributed by atoms with E-state index in [-0.39, 0.29) is 24.9 Å². The normalized spacial score (nSPS) is 12.2. The minimum absolute atomic E-state index is 0.160. The van der Waals surface area contributed by atoms with Gasteiger partial charge in [-0.2, -0.15) is 0 Å². The van der Waals surface area contributed by atoms with E-state index in [0.29, 0.717) is 23.6 Å². The molecule has 0 radical (unpaired) electrons. The van der Waals surface area contributed by atoms with E-state index in [9.17, 15) is 13.2 Å². The van der Waals surface area contributed by atoms with E-state index in [4.69, 9.17) is 9.47 Å². The summed E-state index contributed by atoms with van der Waals surface area (Å²) in [6.45, 7) is 4.14. The number of carbonyl (C=O) groups is 1. The van der Waals surface area contributed by atoms with E-state index in [1.807, 2.05) is 32.0 Å². The number of ether oxygens (including phenoxy) is 2. The predicted molar refractivity (Wildman–Crippen MR) is 123 cm³/mol. The Hall–Kier alpha value is -2.74. The molecule has 1 amide bonds. The van der Waals surface area contributed by atoms with Gasteiger partial charge in [0.2, 0.25) is 15.9 Å². The molecule has 7 nitrogen and oxygen atoms in total. The third-order valence-corrected chi connectivity index (χ3v) is 6.27. The van der Waals surface area contributed by atoms with Gasteiger partial charge in [-0.05, 0) is 55.7 Å². The highest BCUT2D eigenvalue weighted by Gasteiger charge is 2.19. The quantitative estimate of drug-likeness (QED) is 0.567. The summed E-state index contributed by atoms with van der Waals surface area (Å²) in [5.74, 6) is 1.18. The maximum absolute atomic E-state index is 12.5. The molecule has 2 aromatic carbocycles. The van der Waals surface area contributed by atoms with Crippen molar-refractivity contribution in [3.05, 3.63) is 53.6 Å². The largest absolute Gasteiger partial charge is 0.497 e. The Morgan fingerprint density at radius 3 is 2.32 bits per heavy atom. The monoisotopic (exact) mass is 448 g/mol. The molecule has 2 rings (SSSR count). The van der Waals surface area contributed by atoms with Crippen LogP contribution in [0.4, 0.5) is 5.69 Å². The molecular weight excluding hydrogens is 416 g/mol. The number of aryl methyl sites for hydroxylation is 1. The molecule has 0 aromatic heterocycles. The number of anilines is 1. The number of nitrogens with zero attached hydrogens (tertiary/aromatic N) is 1. The van der Waals surface area contributed by atoms with Crippen LogP contribution in [0.15, 0.2) is 42.5 Å². The van der Waals surface area contributed by atoms with Crippen LogP contribution >= 0.6 is 0 Å². The molecule has 0 aliphatic carbocycles. The first-order valence-electron chi connectivity index (χ1n) is 10.3. The van der Waals surface area contributed by atoms with Crippen molar-refractivity contribution >= 4 is 21.6 Å². The fourth-order valence-corrected chi connectivity index (χ4v) is 4.30. The summed E-state index contributed by atoms with van der Waals surface area (Å²) in [7, 11) is -0.289. The standard InChI is InChI=1S/C23H32N2O5S/c1-6-18-9-11-19(12-10-18)25(31(5,27)28)15-7-8-23(26)24-17(2)21-16-20(29-3)13-14-22(21)30-4/h9-14,16-17H,6-8,15H2,1-5H3,(H,24,26). The lowest BCUT2D eigenvalue weighted by Gasteiger charge is -2.23. The van der Waals surface area contributed by atoms with Crippen molar-refractivity contribution in [2.75, 3.05) is 31.3 Å². The Bertz CT molecular complexity index is 974. The maximum atomic E-state index is 12.5. The number of methoxy groups -OCH3 is 2. The van der Waals surface area contributed by atoms with Gasteiger partial charge in [-0.3, -0.25) is 9.10 Å². The van der Waals surface area contributed by atoms with Crippen LogP contribution in [-0.2, 0) is 21.2 Å². The van der Waals surface area contributed by atoms with Gasteiger partial charge in [0.15, 0.2) is 0 Å². The number of sulfonamides is 1. The SMILES string of the molecule is CCc1ccc(N(CCCC(=O)NC(C)c2cc(OC)ccc2OC)S(C)(=O)=O)cc1. The number of benzene rings is 2. The summed E-state index contributed by atoms with van der Waals surface area (Å²) in [5.41, 5.74) is 2.55. The highest BCUT2D eigenvalue weighted by Crippen LogP contribution is 2.29. The number of nitrogens with one attached hydrogen (secondary N) is 1. The smallest absolute Gasteiger partial charge is 0.232 e. The van der Waals surface area contributed by atoms with Gasteiger partial charge in [0.25, 0.3) is 0 Å². The lowest BCUT2D eigenvalue weighted by Crippen LogP contribution is -2.32. The Kier molecular flexibility index (Phi) is 8.74. The molecule has 0 aliphatic heterocycles. The molecule has 1 atom stereocenters. The Balaban J connectivity index is 1.99. The Morgan fingerprint density at radius 1 is 1.10 bits per heavy atom. The second kappa shape index (κ2) is 11.0. The second-order valence-electron chi connectivity index (χ2n) is 7.36. The van der Waals surface area contributed by atoms with Crippen molar-refractivity contribution in [3.63, 3.8) is 0 Å². The first kappa shape index (κ1) is 24.5. The molecule has 8 heteroatoms. The van der Waals surface area contributed by atoms with Crippen molar-refractivity contribution < 1.29 is 22.7 Å². The van der Waals surface area contributed by atoms with Gasteiger partial charge >= 0.3 is 0 Å². The summed E-state index contributed by atoms with van der Waals surface area (Å²) in [6.07, 6.45) is 2.67. The minimum Gasteiger partial charge on any atom is -0.497 e. The van der Waals surface area contributed by atoms with Gasteiger partial charge in [0, 0.05) is 18.5 Å². The van der Waals surface area contributed by atoms with E-state index >= 15 is 0 Å². The van der Waals surface area contributed by atoms with Crippen molar-refractivity contribution in [1.82, 2.24) is 5.32 Å². The van der Waals surface area contributed by atoms with Crippen molar-refractivity contribution in [2.24, 2.45) is 0 Å². The van der Waals surface area contributed by atoms with Crippen molar-refractivity contribution in [3.8, 4) is 11.5 Å². The Labute approximate surface area is 185 Å². The average Bonchev–Trinajstić information content (AvgIpc) is 2.75. The molecule has 0 aliphatic rings. The van der Waals surface area contributed by atoms with Crippen LogP contribution in [0.5, 0.6) is 11.5 Å². The van der Waals surface area contributed by atoms with Crippen LogP contribution in [0.3, 0.4) is 0 Å². The maximum Gasteiger partial charge on any atom is 0.232 e. The molecule has 1 unspecified atom stereocenters. The number of amides is 1. The molecule has 0 fully saturated rings. The van der Waals surface area contributed by atoms with E-state index in [1.54, 1.807) is 38.5 Å². The zero-order chi connectivity index (χ0) is 23.0. The van der Waals surface area contributed by atoms with Crippen molar-refractivity contribution in [1.29, 1.82) is 0 Å². The van der Waals surface area contributed by atoms with Crippen LogP contribution in [0.25, 0.3) is 0 Å². The van der Waals surface area contributed by atoms with Crippen LogP contribution in [0.2, 0.25) is 0 Å². The molecule has 0 heterocycles. The van der Waals surface area contributed by atoms with E-state index in [1.165, 1.54) is 10.6 Å². The number of carbonyl (C=O) groups excluding carboxylic acids is 1. The highest BCUT2D eigenvalue weighted by atomic mass is 32.2. The third kappa shape index (κ3) is 6.89. The molecule has 1 N–H and O–H groups in total. The predicted octanol–water partition coefficient (Wildman–Crippen LogP) is 3.69. The van der Waals surface area contributed by atoms with Crippen LogP contribution < -0.4 is 19.1 Å². The third-order valence-electron chi connectivity index (χ3n) is 5.08. The molecule has 0 bridgehead atoms. The molecule has 2 aromatic rings. The van der Waals surface area contributed by atoms with Gasteiger partial charge in [-0.15, -0.1) is 0 Å². The summed E-state index contributed by atoms with van der Waals surface area (Å²) < 4.78 is 36.5. The van der Waals surface area contributed by atoms with Crippen LogP contribution in [-0.4, -0.2) is 41.3 Å². The van der Waals surface area contributed by atoms with Crippen LogP contribution in [0.1, 0.15) is 43.9 Å². The lowest BCUT2D eigenvalue weighted by atomic mass is 10.1. The van der Waals surface area contributed by atoms with Crippen LogP contribution in [0, 0.1) is 0 Å². The topological polar surface area (TPSA) is 84.9 Å². The van der Waals surface area contributed by atoms with E-state index in [2.05, 4.69) is 5.32 Å². The summed E-state index contributed by atoms with van der Waals surface area (Å²) in [5, 5.41) is 2.95. The summed E-state index contributed by atoms with van der Waals surface area (Å²) in [4.78, 5) is 12.5. The zero-order valence-corrected chi connectivity index (χ0v) is 19.7.